The summed E-state index contributed by atoms with van der Waals surface area (Å²) in [5, 5.41) is 3.83. The summed E-state index contributed by atoms with van der Waals surface area (Å²) in [6.45, 7) is 3.50. The van der Waals surface area contributed by atoms with Crippen molar-refractivity contribution in [3.8, 4) is 11.5 Å². The largest absolute Gasteiger partial charge is 0.485 e. The number of ether oxygens (including phenoxy) is 4. The van der Waals surface area contributed by atoms with Crippen LogP contribution in [0.4, 0.5) is 0 Å². The maximum Gasteiger partial charge on any atom is 0.332 e. The van der Waals surface area contributed by atoms with Crippen molar-refractivity contribution in [2.45, 2.75) is 116 Å². The fraction of sp³-hybridized carbons (Fsp3) is 0.815. The summed E-state index contributed by atoms with van der Waals surface area (Å²) in [6, 6.07) is 0. The lowest BCUT2D eigenvalue weighted by Gasteiger charge is -2.24. The van der Waals surface area contributed by atoms with Crippen LogP contribution >= 0.6 is 11.3 Å². The monoisotopic (exact) mass is 482 g/mol. The molecule has 0 saturated heterocycles. The van der Waals surface area contributed by atoms with Crippen LogP contribution in [0.5, 0.6) is 11.5 Å². The van der Waals surface area contributed by atoms with Crippen molar-refractivity contribution in [1.29, 1.82) is 0 Å². The molecule has 0 N–H and O–H groups in total. The number of hydrogen-bond acceptors (Lipinski definition) is 6. The van der Waals surface area contributed by atoms with E-state index in [9.17, 15) is 4.79 Å². The van der Waals surface area contributed by atoms with Crippen LogP contribution in [0.1, 0.15) is 110 Å². The molecule has 0 fully saturated rings. The van der Waals surface area contributed by atoms with E-state index >= 15 is 0 Å². The van der Waals surface area contributed by atoms with Gasteiger partial charge < -0.3 is 18.9 Å². The van der Waals surface area contributed by atoms with Crippen LogP contribution in [-0.4, -0.2) is 38.5 Å². The first-order valence-corrected chi connectivity index (χ1v) is 14.3. The van der Waals surface area contributed by atoms with Crippen molar-refractivity contribution in [3.05, 3.63) is 10.8 Å². The highest BCUT2D eigenvalue weighted by Crippen LogP contribution is 2.35. The summed E-state index contributed by atoms with van der Waals surface area (Å²) in [6.07, 6.45) is 21.2. The molecule has 0 amide bonds. The third-order valence-electron chi connectivity index (χ3n) is 6.10. The number of thiophene rings is 1. The third kappa shape index (κ3) is 13.9. The fourth-order valence-electron chi connectivity index (χ4n) is 4.09. The lowest BCUT2D eigenvalue weighted by Crippen LogP contribution is -2.33. The van der Waals surface area contributed by atoms with Gasteiger partial charge in [0.2, 0.25) is 0 Å². The zero-order chi connectivity index (χ0) is 23.4. The summed E-state index contributed by atoms with van der Waals surface area (Å²) in [7, 11) is 0. The SMILES string of the molecule is CCCCCCCCCCCCCCCCCCOC(=O)COCC1COc2cscc2O1. The van der Waals surface area contributed by atoms with Crippen molar-refractivity contribution in [2.24, 2.45) is 0 Å². The Labute approximate surface area is 205 Å². The van der Waals surface area contributed by atoms with Crippen molar-refractivity contribution in [1.82, 2.24) is 0 Å². The Hall–Kier alpha value is -1.27. The molecule has 0 aromatic carbocycles. The van der Waals surface area contributed by atoms with Gasteiger partial charge in [-0.2, -0.15) is 0 Å². The molecule has 0 radical (unpaired) electrons. The fourth-order valence-corrected chi connectivity index (χ4v) is 4.77. The lowest BCUT2D eigenvalue weighted by molar-refractivity contribution is -0.150. The van der Waals surface area contributed by atoms with Crippen molar-refractivity contribution in [3.63, 3.8) is 0 Å². The number of fused-ring (bicyclic) bond motifs is 1. The Kier molecular flexibility index (Phi) is 16.2. The first-order valence-electron chi connectivity index (χ1n) is 13.4. The van der Waals surface area contributed by atoms with Crippen LogP contribution in [0, 0.1) is 0 Å². The third-order valence-corrected chi connectivity index (χ3v) is 6.80. The predicted molar refractivity (Wildman–Crippen MR) is 136 cm³/mol. The van der Waals surface area contributed by atoms with E-state index in [0.717, 1.165) is 24.3 Å². The second-order valence-corrected chi connectivity index (χ2v) is 9.93. The summed E-state index contributed by atoms with van der Waals surface area (Å²) in [5.74, 6) is 1.24. The van der Waals surface area contributed by atoms with Gasteiger partial charge >= 0.3 is 5.97 Å². The van der Waals surface area contributed by atoms with Gasteiger partial charge in [-0.3, -0.25) is 0 Å². The van der Waals surface area contributed by atoms with Crippen molar-refractivity contribution in [2.75, 3.05) is 26.4 Å². The average molecular weight is 483 g/mol. The number of unbranched alkanes of at least 4 members (excludes halogenated alkanes) is 15. The molecule has 0 aliphatic carbocycles. The van der Waals surface area contributed by atoms with Gasteiger partial charge in [-0.25, -0.2) is 4.79 Å². The maximum atomic E-state index is 11.8. The molecule has 0 bridgehead atoms. The minimum absolute atomic E-state index is 0.0325. The number of hydrogen-bond donors (Lipinski definition) is 0. The van der Waals surface area contributed by atoms with Crippen LogP contribution in [0.3, 0.4) is 0 Å². The van der Waals surface area contributed by atoms with Crippen LogP contribution in [-0.2, 0) is 14.3 Å². The normalized spacial score (nSPS) is 15.0. The van der Waals surface area contributed by atoms with Gasteiger partial charge in [-0.15, -0.1) is 11.3 Å². The molecule has 6 heteroatoms. The van der Waals surface area contributed by atoms with E-state index in [1.807, 2.05) is 10.8 Å². The molecule has 0 spiro atoms. The van der Waals surface area contributed by atoms with E-state index in [4.69, 9.17) is 18.9 Å². The molecule has 1 atom stereocenters. The molecule has 0 saturated carbocycles. The summed E-state index contributed by atoms with van der Waals surface area (Å²) in [5.41, 5.74) is 0. The number of esters is 1. The van der Waals surface area contributed by atoms with Gasteiger partial charge in [0.15, 0.2) is 17.6 Å². The molecule has 190 valence electrons. The van der Waals surface area contributed by atoms with Crippen LogP contribution in [0.2, 0.25) is 0 Å². The maximum absolute atomic E-state index is 11.8. The number of rotatable bonds is 21. The minimum atomic E-state index is -0.302. The summed E-state index contributed by atoms with van der Waals surface area (Å²) < 4.78 is 22.0. The average Bonchev–Trinajstić information content (AvgIpc) is 3.29. The van der Waals surface area contributed by atoms with E-state index in [0.29, 0.717) is 19.8 Å². The molecule has 1 unspecified atom stereocenters. The highest BCUT2D eigenvalue weighted by Gasteiger charge is 2.22. The van der Waals surface area contributed by atoms with Crippen molar-refractivity contribution < 1.29 is 23.7 Å². The molecule has 1 aliphatic heterocycles. The minimum Gasteiger partial charge on any atom is -0.485 e. The molecule has 1 aromatic rings. The van der Waals surface area contributed by atoms with E-state index < -0.39 is 0 Å². The van der Waals surface area contributed by atoms with Crippen LogP contribution in [0.15, 0.2) is 10.8 Å². The second kappa shape index (κ2) is 19.1. The van der Waals surface area contributed by atoms with E-state index in [1.54, 1.807) is 11.3 Å². The standard InChI is InChI=1S/C27H46O5S/c1-2-3-4-5-6-7-8-9-10-11-12-13-14-15-16-17-18-30-27(28)21-29-19-24-20-31-25-22-33-23-26(25)32-24/h22-24H,2-21H2,1H3. The van der Waals surface area contributed by atoms with Gasteiger partial charge in [0.1, 0.15) is 13.2 Å². The van der Waals surface area contributed by atoms with E-state index in [1.165, 1.54) is 89.9 Å². The molecule has 1 aromatic heterocycles. The molecule has 2 rings (SSSR count). The van der Waals surface area contributed by atoms with Gasteiger partial charge in [0.25, 0.3) is 0 Å². The molecule has 33 heavy (non-hydrogen) atoms. The summed E-state index contributed by atoms with van der Waals surface area (Å²) in [4.78, 5) is 11.8. The van der Waals surface area contributed by atoms with Crippen LogP contribution in [0.25, 0.3) is 0 Å². The Balaban J connectivity index is 1.26. The Morgan fingerprint density at radius 3 is 2.00 bits per heavy atom. The molecular weight excluding hydrogens is 436 g/mol. The summed E-state index contributed by atoms with van der Waals surface area (Å²) >= 11 is 1.55. The number of carbonyl (C=O) groups excluding carboxylic acids is 1. The first kappa shape index (κ1) is 28.0. The lowest BCUT2D eigenvalue weighted by atomic mass is 10.0. The smallest absolute Gasteiger partial charge is 0.332 e. The quantitative estimate of drug-likeness (QED) is 0.133. The Morgan fingerprint density at radius 2 is 1.39 bits per heavy atom. The van der Waals surface area contributed by atoms with Gasteiger partial charge in [-0.1, -0.05) is 103 Å². The van der Waals surface area contributed by atoms with Gasteiger partial charge in [0, 0.05) is 10.8 Å². The van der Waals surface area contributed by atoms with Crippen molar-refractivity contribution >= 4 is 17.3 Å². The van der Waals surface area contributed by atoms with E-state index in [-0.39, 0.29) is 18.7 Å². The predicted octanol–water partition coefficient (Wildman–Crippen LogP) is 7.71. The van der Waals surface area contributed by atoms with Gasteiger partial charge in [-0.05, 0) is 6.42 Å². The molecule has 2 heterocycles. The molecule has 1 aliphatic rings. The Bertz CT molecular complexity index is 603. The zero-order valence-electron chi connectivity index (χ0n) is 20.8. The molecule has 5 nitrogen and oxygen atoms in total. The number of carbonyl (C=O) groups is 1. The van der Waals surface area contributed by atoms with Gasteiger partial charge in [0.05, 0.1) is 13.2 Å². The van der Waals surface area contributed by atoms with E-state index in [2.05, 4.69) is 6.92 Å². The molecular formula is C27H46O5S. The second-order valence-electron chi connectivity index (χ2n) is 9.19. The highest BCUT2D eigenvalue weighted by molar-refractivity contribution is 7.08. The Morgan fingerprint density at radius 1 is 0.848 bits per heavy atom. The first-order chi connectivity index (χ1) is 16.3. The van der Waals surface area contributed by atoms with Crippen LogP contribution < -0.4 is 9.47 Å². The zero-order valence-corrected chi connectivity index (χ0v) is 21.6. The topological polar surface area (TPSA) is 54.0 Å². The highest BCUT2D eigenvalue weighted by atomic mass is 32.1.